The Morgan fingerprint density at radius 3 is 2.45 bits per heavy atom. The third kappa shape index (κ3) is 3.68. The highest BCUT2D eigenvalue weighted by Gasteiger charge is 2.08. The fourth-order valence-corrected chi connectivity index (χ4v) is 1.82. The minimum atomic E-state index is -0.487. The molecule has 104 valence electrons. The number of aryl methyl sites for hydroxylation is 1. The van der Waals surface area contributed by atoms with Crippen LogP contribution in [-0.4, -0.2) is 21.9 Å². The van der Waals surface area contributed by atoms with E-state index in [1.807, 2.05) is 29.1 Å². The second kappa shape index (κ2) is 6.51. The summed E-state index contributed by atoms with van der Waals surface area (Å²) in [5, 5.41) is 13.3. The average Bonchev–Trinajstić information content (AvgIpc) is 2.96. The molecule has 0 atom stereocenters. The lowest BCUT2D eigenvalue weighted by Gasteiger charge is -2.06. The van der Waals surface area contributed by atoms with Crippen molar-refractivity contribution in [2.45, 2.75) is 13.0 Å². The molecule has 0 aliphatic carbocycles. The number of nitrogens with zero attached hydrogens (tertiary/aromatic N) is 2. The van der Waals surface area contributed by atoms with E-state index in [1.165, 1.54) is 24.3 Å². The van der Waals surface area contributed by atoms with Crippen molar-refractivity contribution < 1.29 is 9.72 Å². The van der Waals surface area contributed by atoms with Crippen LogP contribution in [0.15, 0.2) is 48.8 Å². The molecule has 0 saturated heterocycles. The second-order valence-corrected chi connectivity index (χ2v) is 4.33. The molecule has 0 aliphatic heterocycles. The zero-order valence-electron chi connectivity index (χ0n) is 10.9. The van der Waals surface area contributed by atoms with Crippen LogP contribution in [0.25, 0.3) is 0 Å². The summed E-state index contributed by atoms with van der Waals surface area (Å²) in [4.78, 5) is 21.8. The van der Waals surface area contributed by atoms with Gasteiger partial charge >= 0.3 is 0 Å². The molecule has 2 aromatic rings. The largest absolute Gasteiger partial charge is 0.354 e. The van der Waals surface area contributed by atoms with Gasteiger partial charge in [-0.2, -0.15) is 0 Å². The van der Waals surface area contributed by atoms with Crippen LogP contribution in [0.5, 0.6) is 0 Å². The molecular weight excluding hydrogens is 258 g/mol. The maximum absolute atomic E-state index is 11.8. The summed E-state index contributed by atoms with van der Waals surface area (Å²) in [5.74, 6) is -0.215. The van der Waals surface area contributed by atoms with E-state index in [9.17, 15) is 14.9 Å². The van der Waals surface area contributed by atoms with Crippen molar-refractivity contribution in [3.05, 3.63) is 64.5 Å². The van der Waals surface area contributed by atoms with Gasteiger partial charge in [0, 0.05) is 43.2 Å². The van der Waals surface area contributed by atoms with Crippen LogP contribution in [-0.2, 0) is 6.54 Å². The van der Waals surface area contributed by atoms with Crippen molar-refractivity contribution >= 4 is 11.6 Å². The SMILES string of the molecule is O=C(NCCCn1cccc1)c1ccc([N+](=O)[O-])cc1. The van der Waals surface area contributed by atoms with E-state index in [2.05, 4.69) is 5.32 Å². The Labute approximate surface area is 116 Å². The average molecular weight is 273 g/mol. The highest BCUT2D eigenvalue weighted by Crippen LogP contribution is 2.11. The first-order valence-corrected chi connectivity index (χ1v) is 6.30. The van der Waals surface area contributed by atoms with Crippen molar-refractivity contribution in [2.75, 3.05) is 6.54 Å². The van der Waals surface area contributed by atoms with Gasteiger partial charge in [0.25, 0.3) is 11.6 Å². The predicted molar refractivity (Wildman–Crippen MR) is 74.5 cm³/mol. The Kier molecular flexibility index (Phi) is 4.49. The molecule has 1 aromatic carbocycles. The molecule has 2 rings (SSSR count). The molecule has 6 heteroatoms. The molecular formula is C14H15N3O3. The van der Waals surface area contributed by atoms with Crippen LogP contribution in [0.3, 0.4) is 0 Å². The topological polar surface area (TPSA) is 77.2 Å². The minimum absolute atomic E-state index is 0.0193. The summed E-state index contributed by atoms with van der Waals surface area (Å²) < 4.78 is 2.04. The highest BCUT2D eigenvalue weighted by atomic mass is 16.6. The number of carbonyl (C=O) groups excluding carboxylic acids is 1. The van der Waals surface area contributed by atoms with Gasteiger partial charge < -0.3 is 9.88 Å². The van der Waals surface area contributed by atoms with Gasteiger partial charge in [-0.3, -0.25) is 14.9 Å². The smallest absolute Gasteiger partial charge is 0.269 e. The quantitative estimate of drug-likeness (QED) is 0.498. The lowest BCUT2D eigenvalue weighted by Crippen LogP contribution is -2.25. The van der Waals surface area contributed by atoms with E-state index in [4.69, 9.17) is 0 Å². The Balaban J connectivity index is 1.78. The van der Waals surface area contributed by atoms with E-state index in [-0.39, 0.29) is 11.6 Å². The maximum Gasteiger partial charge on any atom is 0.269 e. The second-order valence-electron chi connectivity index (χ2n) is 4.33. The third-order valence-electron chi connectivity index (χ3n) is 2.89. The first-order chi connectivity index (χ1) is 9.66. The number of aromatic nitrogens is 1. The number of carbonyl (C=O) groups is 1. The highest BCUT2D eigenvalue weighted by molar-refractivity contribution is 5.94. The van der Waals surface area contributed by atoms with Crippen LogP contribution in [0.1, 0.15) is 16.8 Å². The molecule has 1 heterocycles. The Morgan fingerprint density at radius 1 is 1.20 bits per heavy atom. The van der Waals surface area contributed by atoms with E-state index in [1.54, 1.807) is 0 Å². The number of nitro benzene ring substituents is 1. The first-order valence-electron chi connectivity index (χ1n) is 6.30. The van der Waals surface area contributed by atoms with Gasteiger partial charge in [0.1, 0.15) is 0 Å². The van der Waals surface area contributed by atoms with E-state index >= 15 is 0 Å². The summed E-state index contributed by atoms with van der Waals surface area (Å²) in [6, 6.07) is 9.48. The van der Waals surface area contributed by atoms with Gasteiger partial charge in [-0.15, -0.1) is 0 Å². The molecule has 0 radical (unpaired) electrons. The number of hydrogen-bond acceptors (Lipinski definition) is 3. The number of amides is 1. The number of hydrogen-bond donors (Lipinski definition) is 1. The number of nitrogens with one attached hydrogen (secondary N) is 1. The molecule has 1 N–H and O–H groups in total. The fraction of sp³-hybridized carbons (Fsp3) is 0.214. The van der Waals surface area contributed by atoms with Crippen LogP contribution in [0.2, 0.25) is 0 Å². The standard InChI is InChI=1S/C14H15N3O3/c18-14(12-4-6-13(7-5-12)17(19)20)15-8-3-11-16-9-1-2-10-16/h1-2,4-7,9-10H,3,8,11H2,(H,15,18). The lowest BCUT2D eigenvalue weighted by molar-refractivity contribution is -0.384. The molecule has 6 nitrogen and oxygen atoms in total. The molecule has 0 aliphatic rings. The van der Waals surface area contributed by atoms with Gasteiger partial charge in [0.05, 0.1) is 4.92 Å². The third-order valence-corrected chi connectivity index (χ3v) is 2.89. The summed E-state index contributed by atoms with van der Waals surface area (Å²) in [5.41, 5.74) is 0.408. The van der Waals surface area contributed by atoms with Gasteiger partial charge in [0.2, 0.25) is 0 Å². The monoisotopic (exact) mass is 273 g/mol. The molecule has 1 amide bonds. The molecule has 0 bridgehead atoms. The van der Waals surface area contributed by atoms with Gasteiger partial charge in [-0.1, -0.05) is 0 Å². The van der Waals surface area contributed by atoms with Crippen molar-refractivity contribution in [3.63, 3.8) is 0 Å². The van der Waals surface area contributed by atoms with E-state index < -0.39 is 4.92 Å². The molecule has 0 unspecified atom stereocenters. The minimum Gasteiger partial charge on any atom is -0.354 e. The molecule has 0 saturated carbocycles. The first kappa shape index (κ1) is 13.8. The predicted octanol–water partition coefficient (Wildman–Crippen LogP) is 2.22. The zero-order chi connectivity index (χ0) is 14.4. The lowest BCUT2D eigenvalue weighted by atomic mass is 10.2. The van der Waals surface area contributed by atoms with E-state index in [0.29, 0.717) is 12.1 Å². The van der Waals surface area contributed by atoms with Crippen LogP contribution < -0.4 is 5.32 Å². The van der Waals surface area contributed by atoms with Crippen molar-refractivity contribution in [3.8, 4) is 0 Å². The molecule has 1 aromatic heterocycles. The van der Waals surface area contributed by atoms with Gasteiger partial charge in [-0.05, 0) is 30.7 Å². The molecule has 0 spiro atoms. The fourth-order valence-electron chi connectivity index (χ4n) is 1.82. The van der Waals surface area contributed by atoms with Gasteiger partial charge in [-0.25, -0.2) is 0 Å². The summed E-state index contributed by atoms with van der Waals surface area (Å²) in [6.45, 7) is 1.40. The van der Waals surface area contributed by atoms with Crippen LogP contribution >= 0.6 is 0 Å². The van der Waals surface area contributed by atoms with Gasteiger partial charge in [0.15, 0.2) is 0 Å². The number of nitro groups is 1. The summed E-state index contributed by atoms with van der Waals surface area (Å²) >= 11 is 0. The molecule has 20 heavy (non-hydrogen) atoms. The Bertz CT molecular complexity index is 576. The van der Waals surface area contributed by atoms with Crippen LogP contribution in [0, 0.1) is 10.1 Å². The Morgan fingerprint density at radius 2 is 1.85 bits per heavy atom. The van der Waals surface area contributed by atoms with Crippen molar-refractivity contribution in [2.24, 2.45) is 0 Å². The van der Waals surface area contributed by atoms with Crippen molar-refractivity contribution in [1.82, 2.24) is 9.88 Å². The van der Waals surface area contributed by atoms with Crippen LogP contribution in [0.4, 0.5) is 5.69 Å². The number of rotatable bonds is 6. The van der Waals surface area contributed by atoms with E-state index in [0.717, 1.165) is 13.0 Å². The summed E-state index contributed by atoms with van der Waals surface area (Å²) in [7, 11) is 0. The number of non-ortho nitro benzene ring substituents is 1. The number of benzene rings is 1. The summed E-state index contributed by atoms with van der Waals surface area (Å²) in [6.07, 6.45) is 4.77. The normalized spacial score (nSPS) is 10.2. The van der Waals surface area contributed by atoms with Crippen molar-refractivity contribution in [1.29, 1.82) is 0 Å². The zero-order valence-corrected chi connectivity index (χ0v) is 10.9. The Hall–Kier alpha value is -2.63. The molecule has 0 fully saturated rings. The maximum atomic E-state index is 11.8.